The Morgan fingerprint density at radius 3 is 2.50 bits per heavy atom. The molecule has 2 aromatic rings. The summed E-state index contributed by atoms with van der Waals surface area (Å²) < 4.78 is 37.7. The Morgan fingerprint density at radius 2 is 1.77 bits per heavy atom. The molecule has 0 saturated carbocycles. The number of ether oxygens (including phenoxy) is 2. The van der Waals surface area contributed by atoms with Crippen LogP contribution in [0.3, 0.4) is 0 Å². The van der Waals surface area contributed by atoms with E-state index in [0.717, 1.165) is 11.3 Å². The summed E-state index contributed by atoms with van der Waals surface area (Å²) in [6.07, 6.45) is 2.52. The normalized spacial score (nSPS) is 10.5. The van der Waals surface area contributed by atoms with Gasteiger partial charge in [0, 0.05) is 0 Å². The first-order valence-electron chi connectivity index (χ1n) is 7.98. The molecule has 0 amide bonds. The molecule has 0 aliphatic carbocycles. The van der Waals surface area contributed by atoms with Gasteiger partial charge in [0.25, 0.3) is 0 Å². The zero-order chi connectivity index (χ0) is 18.8. The van der Waals surface area contributed by atoms with Crippen LogP contribution in [0.2, 0.25) is 0 Å². The summed E-state index contributed by atoms with van der Waals surface area (Å²) in [5, 5.41) is 0. The topological polar surface area (TPSA) is 64.6 Å². The molecule has 1 N–H and O–H groups in total. The van der Waals surface area contributed by atoms with E-state index >= 15 is 0 Å². The summed E-state index contributed by atoms with van der Waals surface area (Å²) in [7, 11) is -2.26. The number of methoxy groups -OCH3 is 1. The van der Waals surface area contributed by atoms with Crippen molar-refractivity contribution in [2.45, 2.75) is 11.3 Å². The number of benzene rings is 2. The highest BCUT2D eigenvalue weighted by Crippen LogP contribution is 2.22. The fraction of sp³-hybridized carbons (Fsp3) is 0.200. The van der Waals surface area contributed by atoms with E-state index in [0.29, 0.717) is 6.42 Å². The molecule has 6 heteroatoms. The Bertz CT molecular complexity index is 911. The van der Waals surface area contributed by atoms with E-state index in [4.69, 9.17) is 9.47 Å². The molecule has 5 nitrogen and oxygen atoms in total. The first-order valence-corrected chi connectivity index (χ1v) is 9.47. The SMILES string of the molecule is C=CCc1ccccc1OCC#CCNS(=O)(=O)c1ccccc1OC. The molecule has 0 heterocycles. The van der Waals surface area contributed by atoms with Gasteiger partial charge in [-0.05, 0) is 30.2 Å². The highest BCUT2D eigenvalue weighted by molar-refractivity contribution is 7.89. The van der Waals surface area contributed by atoms with Gasteiger partial charge in [0.2, 0.25) is 10.0 Å². The fourth-order valence-corrected chi connectivity index (χ4v) is 3.34. The van der Waals surface area contributed by atoms with Crippen LogP contribution in [0.15, 0.2) is 66.1 Å². The molecule has 0 unspecified atom stereocenters. The highest BCUT2D eigenvalue weighted by atomic mass is 32.2. The summed E-state index contributed by atoms with van der Waals surface area (Å²) in [6, 6.07) is 14.1. The molecule has 0 radical (unpaired) electrons. The molecule has 136 valence electrons. The summed E-state index contributed by atoms with van der Waals surface area (Å²) in [5.41, 5.74) is 1.03. The second kappa shape index (κ2) is 9.66. The van der Waals surface area contributed by atoms with Crippen molar-refractivity contribution in [3.63, 3.8) is 0 Å². The lowest BCUT2D eigenvalue weighted by atomic mass is 10.1. The Balaban J connectivity index is 1.90. The van der Waals surface area contributed by atoms with Gasteiger partial charge in [-0.3, -0.25) is 0 Å². The minimum atomic E-state index is -3.69. The zero-order valence-electron chi connectivity index (χ0n) is 14.6. The van der Waals surface area contributed by atoms with Crippen LogP contribution >= 0.6 is 0 Å². The fourth-order valence-electron chi connectivity index (χ4n) is 2.25. The highest BCUT2D eigenvalue weighted by Gasteiger charge is 2.17. The number of rotatable bonds is 8. The van der Waals surface area contributed by atoms with Crippen molar-refractivity contribution in [3.8, 4) is 23.3 Å². The third-order valence-corrected chi connectivity index (χ3v) is 4.91. The number of allylic oxidation sites excluding steroid dienone is 1. The monoisotopic (exact) mass is 371 g/mol. The van der Waals surface area contributed by atoms with E-state index in [1.807, 2.05) is 24.3 Å². The van der Waals surface area contributed by atoms with Crippen molar-refractivity contribution in [3.05, 3.63) is 66.7 Å². The number of sulfonamides is 1. The number of hydrogen-bond donors (Lipinski definition) is 1. The standard InChI is InChI=1S/C20H21NO4S/c1-3-10-17-11-4-5-12-18(17)25-16-9-8-15-21-26(22,23)20-14-7-6-13-19(20)24-2/h3-7,11-14,21H,1,10,15-16H2,2H3. The van der Waals surface area contributed by atoms with Gasteiger partial charge < -0.3 is 9.47 Å². The first kappa shape index (κ1) is 19.6. The predicted molar refractivity (Wildman–Crippen MR) is 102 cm³/mol. The first-order chi connectivity index (χ1) is 12.6. The van der Waals surface area contributed by atoms with Crippen LogP contribution < -0.4 is 14.2 Å². The zero-order valence-corrected chi connectivity index (χ0v) is 15.4. The van der Waals surface area contributed by atoms with Crippen LogP contribution in [0.4, 0.5) is 0 Å². The second-order valence-electron chi connectivity index (χ2n) is 5.22. The molecule has 0 aliphatic rings. The largest absolute Gasteiger partial charge is 0.495 e. The Kier molecular flexibility index (Phi) is 7.27. The maximum atomic E-state index is 12.3. The molecule has 26 heavy (non-hydrogen) atoms. The van der Waals surface area contributed by atoms with E-state index in [9.17, 15) is 8.42 Å². The van der Waals surface area contributed by atoms with Crippen molar-refractivity contribution < 1.29 is 17.9 Å². The van der Waals surface area contributed by atoms with Gasteiger partial charge in [-0.1, -0.05) is 48.2 Å². The van der Waals surface area contributed by atoms with E-state index in [-0.39, 0.29) is 23.8 Å². The van der Waals surface area contributed by atoms with E-state index < -0.39 is 10.0 Å². The molecular weight excluding hydrogens is 350 g/mol. The van der Waals surface area contributed by atoms with Gasteiger partial charge in [0.05, 0.1) is 13.7 Å². The Hall–Kier alpha value is -2.75. The quantitative estimate of drug-likeness (QED) is 0.572. The van der Waals surface area contributed by atoms with Crippen molar-refractivity contribution in [2.75, 3.05) is 20.3 Å². The lowest BCUT2D eigenvalue weighted by molar-refractivity contribution is 0.366. The molecule has 0 bridgehead atoms. The van der Waals surface area contributed by atoms with Crippen LogP contribution in [0.1, 0.15) is 5.56 Å². The number of nitrogens with one attached hydrogen (secondary N) is 1. The van der Waals surface area contributed by atoms with Gasteiger partial charge >= 0.3 is 0 Å². The summed E-state index contributed by atoms with van der Waals surface area (Å²) in [5.74, 6) is 6.58. The molecule has 0 aliphatic heterocycles. The smallest absolute Gasteiger partial charge is 0.245 e. The second-order valence-corrected chi connectivity index (χ2v) is 6.95. The maximum Gasteiger partial charge on any atom is 0.245 e. The van der Waals surface area contributed by atoms with Crippen molar-refractivity contribution in [2.24, 2.45) is 0 Å². The Morgan fingerprint density at radius 1 is 1.08 bits per heavy atom. The molecular formula is C20H21NO4S. The average Bonchev–Trinajstić information content (AvgIpc) is 2.66. The molecule has 2 aromatic carbocycles. The van der Waals surface area contributed by atoms with Crippen molar-refractivity contribution in [1.82, 2.24) is 4.72 Å². The third kappa shape index (κ3) is 5.38. The lowest BCUT2D eigenvalue weighted by Gasteiger charge is -2.08. The van der Waals surface area contributed by atoms with E-state index in [2.05, 4.69) is 23.1 Å². The summed E-state index contributed by atoms with van der Waals surface area (Å²) in [4.78, 5) is 0.0823. The van der Waals surface area contributed by atoms with E-state index in [1.165, 1.54) is 13.2 Å². The molecule has 0 fully saturated rings. The van der Waals surface area contributed by atoms with Gasteiger partial charge in [-0.25, -0.2) is 8.42 Å². The Labute approximate surface area is 154 Å². The minimum Gasteiger partial charge on any atom is -0.495 e. The maximum absolute atomic E-state index is 12.3. The minimum absolute atomic E-state index is 0.0158. The van der Waals surface area contributed by atoms with Crippen LogP contribution in [-0.4, -0.2) is 28.7 Å². The van der Waals surface area contributed by atoms with Crippen LogP contribution in [0.25, 0.3) is 0 Å². The van der Waals surface area contributed by atoms with Gasteiger partial charge in [0.1, 0.15) is 23.0 Å². The summed E-state index contributed by atoms with van der Waals surface area (Å²) in [6.45, 7) is 3.88. The van der Waals surface area contributed by atoms with Crippen LogP contribution in [-0.2, 0) is 16.4 Å². The van der Waals surface area contributed by atoms with Gasteiger partial charge in [0.15, 0.2) is 0 Å². The molecule has 0 aromatic heterocycles. The number of para-hydroxylation sites is 2. The van der Waals surface area contributed by atoms with Crippen LogP contribution in [0.5, 0.6) is 11.5 Å². The molecule has 0 spiro atoms. The lowest BCUT2D eigenvalue weighted by Crippen LogP contribution is -2.24. The third-order valence-electron chi connectivity index (χ3n) is 3.47. The van der Waals surface area contributed by atoms with E-state index in [1.54, 1.807) is 24.3 Å². The molecule has 0 saturated heterocycles. The van der Waals surface area contributed by atoms with Crippen molar-refractivity contribution >= 4 is 10.0 Å². The van der Waals surface area contributed by atoms with Crippen LogP contribution in [0, 0.1) is 11.8 Å². The van der Waals surface area contributed by atoms with Crippen molar-refractivity contribution in [1.29, 1.82) is 0 Å². The summed E-state index contributed by atoms with van der Waals surface area (Å²) >= 11 is 0. The van der Waals surface area contributed by atoms with Gasteiger partial charge in [-0.15, -0.1) is 6.58 Å². The molecule has 2 rings (SSSR count). The van der Waals surface area contributed by atoms with Gasteiger partial charge in [-0.2, -0.15) is 4.72 Å². The average molecular weight is 371 g/mol. The number of hydrogen-bond acceptors (Lipinski definition) is 4. The molecule has 0 atom stereocenters. The predicted octanol–water partition coefficient (Wildman–Crippen LogP) is 2.78.